The van der Waals surface area contributed by atoms with E-state index >= 15 is 0 Å². The van der Waals surface area contributed by atoms with Crippen LogP contribution in [-0.4, -0.2) is 39.5 Å². The molecule has 2 aromatic rings. The van der Waals surface area contributed by atoms with Crippen molar-refractivity contribution >= 4 is 23.7 Å². The van der Waals surface area contributed by atoms with E-state index in [1.54, 1.807) is 12.1 Å². The lowest BCUT2D eigenvalue weighted by atomic mass is 9.98. The van der Waals surface area contributed by atoms with Crippen LogP contribution in [0.1, 0.15) is 57.6 Å². The lowest BCUT2D eigenvalue weighted by Gasteiger charge is -2.15. The Balaban J connectivity index is 1.69. The van der Waals surface area contributed by atoms with E-state index in [0.29, 0.717) is 23.5 Å². The van der Waals surface area contributed by atoms with Crippen LogP contribution < -0.4 is 21.5 Å². The summed E-state index contributed by atoms with van der Waals surface area (Å²) < 4.78 is 0. The molecule has 0 spiro atoms. The number of pyridine rings is 2. The molecule has 0 unspecified atom stereocenters. The molecule has 2 aliphatic rings. The summed E-state index contributed by atoms with van der Waals surface area (Å²) in [6.45, 7) is 2.56. The number of fused-ring (bicyclic) bond motifs is 1. The largest absolute Gasteiger partial charge is 0.465 e. The fourth-order valence-electron chi connectivity index (χ4n) is 3.57. The van der Waals surface area contributed by atoms with Crippen molar-refractivity contribution in [3.63, 3.8) is 0 Å². The van der Waals surface area contributed by atoms with E-state index in [1.807, 2.05) is 11.5 Å². The number of nitrogen functional groups attached to an aromatic ring is 1. The third kappa shape index (κ3) is 3.57. The minimum atomic E-state index is -1.10. The van der Waals surface area contributed by atoms with E-state index in [9.17, 15) is 14.4 Å². The Hall–Kier alpha value is -3.53. The second-order valence-corrected chi connectivity index (χ2v) is 7.77. The summed E-state index contributed by atoms with van der Waals surface area (Å²) in [4.78, 5) is 46.4. The van der Waals surface area contributed by atoms with Gasteiger partial charge in [0, 0.05) is 40.9 Å². The van der Waals surface area contributed by atoms with Crippen LogP contribution in [-0.2, 0) is 18.4 Å². The van der Waals surface area contributed by atoms with Crippen molar-refractivity contribution < 1.29 is 19.5 Å². The Kier molecular flexibility index (Phi) is 4.86. The average Bonchev–Trinajstić information content (AvgIpc) is 3.40. The number of carbonyl (C=O) groups is 3. The molecule has 30 heavy (non-hydrogen) atoms. The molecule has 3 heterocycles. The molecule has 1 saturated carbocycles. The number of aromatic nitrogens is 2. The highest BCUT2D eigenvalue weighted by molar-refractivity contribution is 6.10. The van der Waals surface area contributed by atoms with Gasteiger partial charge in [0.05, 0.1) is 6.54 Å². The minimum absolute atomic E-state index is 0.0465. The van der Waals surface area contributed by atoms with Gasteiger partial charge in [-0.15, -0.1) is 0 Å². The smallest absolute Gasteiger partial charge is 0.404 e. The van der Waals surface area contributed by atoms with Crippen molar-refractivity contribution in [3.8, 4) is 0 Å². The van der Waals surface area contributed by atoms with Crippen molar-refractivity contribution in [3.05, 3.63) is 52.5 Å². The second kappa shape index (κ2) is 7.38. The Bertz CT molecular complexity index is 1050. The summed E-state index contributed by atoms with van der Waals surface area (Å²) in [5.41, 5.74) is 4.96. The number of hydrogen-bond donors (Lipinski definition) is 4. The van der Waals surface area contributed by atoms with Crippen LogP contribution >= 0.6 is 0 Å². The van der Waals surface area contributed by atoms with E-state index in [-0.39, 0.29) is 30.1 Å². The van der Waals surface area contributed by atoms with Crippen molar-refractivity contribution in [1.82, 2.24) is 20.7 Å². The summed E-state index contributed by atoms with van der Waals surface area (Å²) >= 11 is 0. The van der Waals surface area contributed by atoms with Crippen LogP contribution in [0, 0.1) is 0 Å². The summed E-state index contributed by atoms with van der Waals surface area (Å²) in [6, 6.07) is 6.64. The maximum Gasteiger partial charge on any atom is 0.404 e. The van der Waals surface area contributed by atoms with Gasteiger partial charge in [-0.2, -0.15) is 0 Å². The molecule has 0 atom stereocenters. The van der Waals surface area contributed by atoms with Gasteiger partial charge in [0.15, 0.2) is 0 Å². The number of nitrogens with zero attached hydrogens (tertiary/aromatic N) is 3. The molecule has 10 nitrogen and oxygen atoms in total. The molecule has 0 saturated heterocycles. The summed E-state index contributed by atoms with van der Waals surface area (Å²) in [5.74, 6) is 4.75. The fourth-order valence-corrected chi connectivity index (χ4v) is 3.57. The number of amides is 3. The molecule has 1 fully saturated rings. The predicted octanol–water partition coefficient (Wildman–Crippen LogP) is 1.10. The van der Waals surface area contributed by atoms with Gasteiger partial charge >= 0.3 is 6.09 Å². The standard InChI is InChI=1S/C20H22N6O4/c1-20(6-7-20)15-9-11-12(13(23-15)5-8-22-19(29)30)10-26(18(11)28)16-4-2-3-14(24-16)17(27)25-21/h2-4,9,22H,5-8,10,21H2,1H3,(H,25,27)(H,29,30). The highest BCUT2D eigenvalue weighted by atomic mass is 16.4. The zero-order valence-corrected chi connectivity index (χ0v) is 16.4. The van der Waals surface area contributed by atoms with Gasteiger partial charge in [0.1, 0.15) is 11.5 Å². The van der Waals surface area contributed by atoms with Crippen molar-refractivity contribution in [2.75, 3.05) is 11.4 Å². The number of anilines is 1. The third-order valence-electron chi connectivity index (χ3n) is 5.63. The first-order valence-corrected chi connectivity index (χ1v) is 9.62. The lowest BCUT2D eigenvalue weighted by Crippen LogP contribution is -2.31. The molecule has 0 bridgehead atoms. The Morgan fingerprint density at radius 2 is 2.07 bits per heavy atom. The number of nitrogens with two attached hydrogens (primary N) is 1. The maximum absolute atomic E-state index is 13.2. The van der Waals surface area contributed by atoms with E-state index < -0.39 is 12.0 Å². The number of hydrazine groups is 1. The molecular weight excluding hydrogens is 388 g/mol. The molecule has 1 aliphatic heterocycles. The Morgan fingerprint density at radius 1 is 1.30 bits per heavy atom. The molecule has 0 radical (unpaired) electrons. The third-order valence-corrected chi connectivity index (χ3v) is 5.63. The number of rotatable bonds is 6. The van der Waals surface area contributed by atoms with E-state index in [2.05, 4.69) is 17.2 Å². The highest BCUT2D eigenvalue weighted by Gasteiger charge is 2.43. The molecule has 3 amide bonds. The average molecular weight is 410 g/mol. The van der Waals surface area contributed by atoms with Crippen LogP contribution in [0.2, 0.25) is 0 Å². The SMILES string of the molecule is CC1(c2cc3c(c(CCNC(=O)O)n2)CN(c2cccc(C(=O)NN)n2)C3=O)CC1. The summed E-state index contributed by atoms with van der Waals surface area (Å²) in [5, 5.41) is 11.2. The van der Waals surface area contributed by atoms with E-state index in [1.165, 1.54) is 11.0 Å². The summed E-state index contributed by atoms with van der Waals surface area (Å²) in [7, 11) is 0. The van der Waals surface area contributed by atoms with Crippen LogP contribution in [0.5, 0.6) is 0 Å². The summed E-state index contributed by atoms with van der Waals surface area (Å²) in [6.07, 6.45) is 1.28. The van der Waals surface area contributed by atoms with Crippen molar-refractivity contribution in [2.24, 2.45) is 5.84 Å². The van der Waals surface area contributed by atoms with Gasteiger partial charge in [-0.05, 0) is 31.0 Å². The van der Waals surface area contributed by atoms with Gasteiger partial charge in [0.2, 0.25) is 0 Å². The number of hydrogen-bond acceptors (Lipinski definition) is 6. The van der Waals surface area contributed by atoms with Gasteiger partial charge < -0.3 is 10.4 Å². The van der Waals surface area contributed by atoms with Gasteiger partial charge in [-0.25, -0.2) is 15.6 Å². The monoisotopic (exact) mass is 410 g/mol. The topological polar surface area (TPSA) is 151 Å². The quantitative estimate of drug-likeness (QED) is 0.316. The first-order chi connectivity index (χ1) is 14.3. The Labute approximate surface area is 172 Å². The zero-order valence-electron chi connectivity index (χ0n) is 16.4. The number of carbonyl (C=O) groups excluding carboxylic acids is 2. The lowest BCUT2D eigenvalue weighted by molar-refractivity contribution is 0.0945. The van der Waals surface area contributed by atoms with Crippen molar-refractivity contribution in [2.45, 2.75) is 38.1 Å². The van der Waals surface area contributed by atoms with E-state index in [4.69, 9.17) is 15.9 Å². The second-order valence-electron chi connectivity index (χ2n) is 7.77. The first-order valence-electron chi connectivity index (χ1n) is 9.62. The van der Waals surface area contributed by atoms with Crippen molar-refractivity contribution in [1.29, 1.82) is 0 Å². The zero-order chi connectivity index (χ0) is 21.5. The number of nitrogens with one attached hydrogen (secondary N) is 2. The molecule has 0 aromatic carbocycles. The normalized spacial score (nSPS) is 16.2. The van der Waals surface area contributed by atoms with Crippen LogP contribution in [0.3, 0.4) is 0 Å². The molecular formula is C20H22N6O4. The molecule has 5 N–H and O–H groups in total. The highest BCUT2D eigenvalue weighted by Crippen LogP contribution is 2.47. The minimum Gasteiger partial charge on any atom is -0.465 e. The first kappa shape index (κ1) is 19.8. The molecule has 156 valence electrons. The van der Waals surface area contributed by atoms with Gasteiger partial charge in [-0.3, -0.25) is 24.9 Å². The van der Waals surface area contributed by atoms with Gasteiger partial charge in [0.25, 0.3) is 11.8 Å². The fraction of sp³-hybridized carbons (Fsp3) is 0.350. The number of carboxylic acid groups (broad SMARTS) is 1. The van der Waals surface area contributed by atoms with E-state index in [0.717, 1.165) is 24.1 Å². The van der Waals surface area contributed by atoms with Crippen LogP contribution in [0.25, 0.3) is 0 Å². The molecule has 2 aromatic heterocycles. The molecule has 10 heteroatoms. The maximum atomic E-state index is 13.2. The predicted molar refractivity (Wildman–Crippen MR) is 107 cm³/mol. The Morgan fingerprint density at radius 3 is 2.73 bits per heavy atom. The van der Waals surface area contributed by atoms with Gasteiger partial charge in [-0.1, -0.05) is 13.0 Å². The van der Waals surface area contributed by atoms with Crippen LogP contribution in [0.15, 0.2) is 24.3 Å². The molecule has 1 aliphatic carbocycles. The van der Waals surface area contributed by atoms with Crippen LogP contribution in [0.4, 0.5) is 10.6 Å². The molecule has 4 rings (SSSR count).